The Labute approximate surface area is 101 Å². The quantitative estimate of drug-likeness (QED) is 0.880. The smallest absolute Gasteiger partial charge is 0.155 e. The fourth-order valence-electron chi connectivity index (χ4n) is 1.84. The molecule has 92 valence electrons. The molecule has 2 heterocycles. The molecule has 0 bridgehead atoms. The van der Waals surface area contributed by atoms with E-state index in [1.54, 1.807) is 6.33 Å². The maximum Gasteiger partial charge on any atom is 0.155 e. The molecule has 0 saturated carbocycles. The molecule has 2 aromatic rings. The maximum absolute atomic E-state index is 4.48. The van der Waals surface area contributed by atoms with Gasteiger partial charge in [-0.3, -0.25) is 4.68 Å². The monoisotopic (exact) mass is 233 g/mol. The van der Waals surface area contributed by atoms with E-state index in [4.69, 9.17) is 0 Å². The highest BCUT2D eigenvalue weighted by Gasteiger charge is 2.13. The Kier molecular flexibility index (Phi) is 3.26. The first-order valence-corrected chi connectivity index (χ1v) is 6.12. The fraction of sp³-hybridized carbons (Fsp3) is 0.583. The molecule has 0 aliphatic rings. The summed E-state index contributed by atoms with van der Waals surface area (Å²) in [4.78, 5) is 8.64. The fourth-order valence-corrected chi connectivity index (χ4v) is 1.84. The number of rotatable bonds is 4. The highest BCUT2D eigenvalue weighted by molar-refractivity contribution is 5.87. The molecule has 17 heavy (non-hydrogen) atoms. The van der Waals surface area contributed by atoms with E-state index in [0.717, 1.165) is 35.5 Å². The summed E-state index contributed by atoms with van der Waals surface area (Å²) in [6, 6.07) is 0.397. The SMILES string of the molecule is CC[C@@H](C)Nc1ncnc2c(C)nn(CC)c12. The van der Waals surface area contributed by atoms with E-state index >= 15 is 0 Å². The van der Waals surface area contributed by atoms with E-state index < -0.39 is 0 Å². The Bertz CT molecular complexity index is 517. The second-order valence-electron chi connectivity index (χ2n) is 4.27. The van der Waals surface area contributed by atoms with E-state index in [0.29, 0.717) is 6.04 Å². The van der Waals surface area contributed by atoms with Crippen molar-refractivity contribution in [3.05, 3.63) is 12.0 Å². The number of aromatic nitrogens is 4. The molecule has 5 heteroatoms. The summed E-state index contributed by atoms with van der Waals surface area (Å²) in [6.45, 7) is 9.18. The van der Waals surface area contributed by atoms with E-state index in [1.165, 1.54) is 0 Å². The summed E-state index contributed by atoms with van der Waals surface area (Å²) in [5.74, 6) is 0.881. The van der Waals surface area contributed by atoms with Crippen LogP contribution >= 0.6 is 0 Å². The molecule has 1 N–H and O–H groups in total. The van der Waals surface area contributed by atoms with Crippen LogP contribution in [0.15, 0.2) is 6.33 Å². The van der Waals surface area contributed by atoms with Crippen molar-refractivity contribution in [2.24, 2.45) is 0 Å². The molecule has 0 aliphatic carbocycles. The molecule has 0 fully saturated rings. The highest BCUT2D eigenvalue weighted by atomic mass is 15.3. The van der Waals surface area contributed by atoms with E-state index in [2.05, 4.69) is 41.2 Å². The van der Waals surface area contributed by atoms with E-state index in [9.17, 15) is 0 Å². The molecule has 1 atom stereocenters. The number of hydrogen-bond acceptors (Lipinski definition) is 4. The van der Waals surface area contributed by atoms with E-state index in [1.807, 2.05) is 11.6 Å². The summed E-state index contributed by atoms with van der Waals surface area (Å²) < 4.78 is 1.95. The third-order valence-electron chi connectivity index (χ3n) is 2.99. The average molecular weight is 233 g/mol. The molecule has 0 amide bonds. The van der Waals surface area contributed by atoms with Crippen molar-refractivity contribution in [1.29, 1.82) is 0 Å². The van der Waals surface area contributed by atoms with Crippen LogP contribution in [-0.2, 0) is 6.54 Å². The first-order valence-electron chi connectivity index (χ1n) is 6.12. The minimum absolute atomic E-state index is 0.397. The largest absolute Gasteiger partial charge is 0.366 e. The van der Waals surface area contributed by atoms with Gasteiger partial charge in [0.1, 0.15) is 17.4 Å². The molecule has 0 radical (unpaired) electrons. The number of hydrogen-bond donors (Lipinski definition) is 1. The summed E-state index contributed by atoms with van der Waals surface area (Å²) in [5.41, 5.74) is 2.90. The van der Waals surface area contributed by atoms with Gasteiger partial charge in [-0.25, -0.2) is 9.97 Å². The number of aryl methyl sites for hydroxylation is 2. The van der Waals surface area contributed by atoms with Crippen molar-refractivity contribution in [2.45, 2.75) is 46.7 Å². The van der Waals surface area contributed by atoms with Crippen LogP contribution in [-0.4, -0.2) is 25.8 Å². The van der Waals surface area contributed by atoms with Crippen molar-refractivity contribution in [1.82, 2.24) is 19.7 Å². The van der Waals surface area contributed by atoms with Crippen LogP contribution in [0.25, 0.3) is 11.0 Å². The van der Waals surface area contributed by atoms with Crippen LogP contribution in [0.1, 0.15) is 32.9 Å². The lowest BCUT2D eigenvalue weighted by Gasteiger charge is -2.13. The van der Waals surface area contributed by atoms with Crippen LogP contribution in [0.3, 0.4) is 0 Å². The first-order chi connectivity index (χ1) is 8.17. The topological polar surface area (TPSA) is 55.6 Å². The predicted molar refractivity (Wildman–Crippen MR) is 69.1 cm³/mol. The minimum Gasteiger partial charge on any atom is -0.366 e. The molecular weight excluding hydrogens is 214 g/mol. The minimum atomic E-state index is 0.397. The van der Waals surface area contributed by atoms with Gasteiger partial charge in [0.2, 0.25) is 0 Å². The van der Waals surface area contributed by atoms with Crippen LogP contribution < -0.4 is 5.32 Å². The maximum atomic E-state index is 4.48. The number of fused-ring (bicyclic) bond motifs is 1. The number of nitrogens with one attached hydrogen (secondary N) is 1. The average Bonchev–Trinajstić information content (AvgIpc) is 2.67. The molecule has 0 aromatic carbocycles. The van der Waals surface area contributed by atoms with Crippen molar-refractivity contribution in [3.8, 4) is 0 Å². The Balaban J connectivity index is 2.55. The molecule has 0 unspecified atom stereocenters. The Hall–Kier alpha value is -1.65. The zero-order valence-electron chi connectivity index (χ0n) is 10.9. The first kappa shape index (κ1) is 11.8. The van der Waals surface area contributed by atoms with Gasteiger partial charge in [-0.15, -0.1) is 0 Å². The molecule has 0 spiro atoms. The highest BCUT2D eigenvalue weighted by Crippen LogP contribution is 2.22. The summed E-state index contributed by atoms with van der Waals surface area (Å²) in [7, 11) is 0. The third-order valence-corrected chi connectivity index (χ3v) is 2.99. The number of nitrogens with zero attached hydrogens (tertiary/aromatic N) is 4. The van der Waals surface area contributed by atoms with Gasteiger partial charge in [0.15, 0.2) is 5.82 Å². The summed E-state index contributed by atoms with van der Waals surface area (Å²) >= 11 is 0. The van der Waals surface area contributed by atoms with Crippen LogP contribution in [0.5, 0.6) is 0 Å². The third kappa shape index (κ3) is 2.09. The lowest BCUT2D eigenvalue weighted by atomic mass is 10.2. The van der Waals surface area contributed by atoms with Gasteiger partial charge in [0, 0.05) is 12.6 Å². The van der Waals surface area contributed by atoms with Gasteiger partial charge in [-0.2, -0.15) is 5.10 Å². The molecule has 2 rings (SSSR count). The van der Waals surface area contributed by atoms with Gasteiger partial charge in [0.05, 0.1) is 5.69 Å². The van der Waals surface area contributed by atoms with E-state index in [-0.39, 0.29) is 0 Å². The summed E-state index contributed by atoms with van der Waals surface area (Å²) in [5, 5.41) is 7.89. The van der Waals surface area contributed by atoms with Crippen molar-refractivity contribution >= 4 is 16.9 Å². The van der Waals surface area contributed by atoms with Gasteiger partial charge >= 0.3 is 0 Å². The second-order valence-corrected chi connectivity index (χ2v) is 4.27. The Morgan fingerprint density at radius 3 is 2.76 bits per heavy atom. The number of anilines is 1. The molecule has 5 nitrogen and oxygen atoms in total. The molecule has 2 aromatic heterocycles. The lowest BCUT2D eigenvalue weighted by Crippen LogP contribution is -2.15. The summed E-state index contributed by atoms with van der Waals surface area (Å²) in [6.07, 6.45) is 2.66. The van der Waals surface area contributed by atoms with Crippen molar-refractivity contribution in [2.75, 3.05) is 5.32 Å². The second kappa shape index (κ2) is 4.69. The Morgan fingerprint density at radius 2 is 2.12 bits per heavy atom. The lowest BCUT2D eigenvalue weighted by molar-refractivity contribution is 0.674. The zero-order valence-corrected chi connectivity index (χ0v) is 10.9. The Morgan fingerprint density at radius 1 is 1.35 bits per heavy atom. The standard InChI is InChI=1S/C12H19N5/c1-5-8(3)15-12-11-10(13-7-14-12)9(4)16-17(11)6-2/h7-8H,5-6H2,1-4H3,(H,13,14,15)/t8-/m1/s1. The molecule has 0 saturated heterocycles. The predicted octanol–water partition coefficient (Wildman–Crippen LogP) is 2.37. The normalized spacial score (nSPS) is 12.9. The van der Waals surface area contributed by atoms with Gasteiger partial charge in [-0.05, 0) is 27.2 Å². The van der Waals surface area contributed by atoms with Crippen molar-refractivity contribution < 1.29 is 0 Å². The van der Waals surface area contributed by atoms with Gasteiger partial charge in [0.25, 0.3) is 0 Å². The van der Waals surface area contributed by atoms with Gasteiger partial charge < -0.3 is 5.32 Å². The van der Waals surface area contributed by atoms with Crippen LogP contribution in [0.4, 0.5) is 5.82 Å². The molecular formula is C12H19N5. The van der Waals surface area contributed by atoms with Crippen LogP contribution in [0, 0.1) is 6.92 Å². The van der Waals surface area contributed by atoms with Crippen molar-refractivity contribution in [3.63, 3.8) is 0 Å². The molecule has 0 aliphatic heterocycles. The van der Waals surface area contributed by atoms with Gasteiger partial charge in [-0.1, -0.05) is 6.92 Å². The zero-order chi connectivity index (χ0) is 12.4. The van der Waals surface area contributed by atoms with Crippen LogP contribution in [0.2, 0.25) is 0 Å².